The lowest BCUT2D eigenvalue weighted by atomic mass is 10.2. The van der Waals surface area contributed by atoms with Crippen molar-refractivity contribution in [3.63, 3.8) is 0 Å². The van der Waals surface area contributed by atoms with Crippen LogP contribution in [0.25, 0.3) is 0 Å². The highest BCUT2D eigenvalue weighted by Crippen LogP contribution is 2.02. The minimum Gasteiger partial charge on any atom is -0.381 e. The summed E-state index contributed by atoms with van der Waals surface area (Å²) in [5.74, 6) is 0.876. The molecule has 1 heterocycles. The van der Waals surface area contributed by atoms with E-state index in [1.165, 1.54) is 0 Å². The van der Waals surface area contributed by atoms with Crippen LogP contribution in [0.3, 0.4) is 0 Å². The van der Waals surface area contributed by atoms with Gasteiger partial charge >= 0.3 is 0 Å². The van der Waals surface area contributed by atoms with E-state index in [0.717, 1.165) is 31.6 Å². The molecule has 0 saturated heterocycles. The molecule has 0 radical (unpaired) electrons. The molecule has 0 aliphatic carbocycles. The van der Waals surface area contributed by atoms with Gasteiger partial charge in [0.15, 0.2) is 5.82 Å². The van der Waals surface area contributed by atoms with Crippen LogP contribution in [-0.2, 0) is 17.7 Å². The normalized spacial score (nSPS) is 13.0. The van der Waals surface area contributed by atoms with Crippen molar-refractivity contribution in [3.05, 3.63) is 5.82 Å². The van der Waals surface area contributed by atoms with Crippen LogP contribution in [-0.4, -0.2) is 40.0 Å². The highest BCUT2D eigenvalue weighted by Gasteiger charge is 2.09. The summed E-state index contributed by atoms with van der Waals surface area (Å²) in [5.41, 5.74) is 5.43. The van der Waals surface area contributed by atoms with E-state index in [0.29, 0.717) is 6.54 Å². The molecule has 1 unspecified atom stereocenters. The van der Waals surface area contributed by atoms with Crippen LogP contribution in [0.2, 0.25) is 0 Å². The van der Waals surface area contributed by atoms with Crippen molar-refractivity contribution in [1.82, 2.24) is 20.2 Å². The lowest BCUT2D eigenvalue weighted by Crippen LogP contribution is -2.15. The van der Waals surface area contributed by atoms with Crippen molar-refractivity contribution < 1.29 is 4.74 Å². The molecule has 0 aliphatic rings. The van der Waals surface area contributed by atoms with E-state index in [2.05, 4.69) is 15.5 Å². The molecule has 1 rings (SSSR count). The first kappa shape index (κ1) is 12.1. The largest absolute Gasteiger partial charge is 0.381 e. The van der Waals surface area contributed by atoms with Crippen LogP contribution in [0.4, 0.5) is 0 Å². The monoisotopic (exact) mass is 213 g/mol. The van der Waals surface area contributed by atoms with Crippen LogP contribution in [0.1, 0.15) is 25.6 Å². The molecule has 0 fully saturated rings. The number of unbranched alkanes of at least 4 members (excludes halogenated alkanes) is 1. The second kappa shape index (κ2) is 6.47. The van der Waals surface area contributed by atoms with Gasteiger partial charge in [-0.25, -0.2) is 4.68 Å². The Morgan fingerprint density at radius 3 is 2.93 bits per heavy atom. The number of nitrogens with zero attached hydrogens (tertiary/aromatic N) is 4. The molecule has 86 valence electrons. The quantitative estimate of drug-likeness (QED) is 0.644. The third-order valence-corrected chi connectivity index (χ3v) is 2.30. The summed E-state index contributed by atoms with van der Waals surface area (Å²) < 4.78 is 7.00. The minimum atomic E-state index is 0.143. The zero-order valence-corrected chi connectivity index (χ0v) is 9.39. The number of aromatic nitrogens is 4. The Balaban J connectivity index is 2.45. The highest BCUT2D eigenvalue weighted by atomic mass is 16.5. The number of aryl methyl sites for hydroxylation is 1. The Bertz CT molecular complexity index is 275. The van der Waals surface area contributed by atoms with Crippen LogP contribution in [0.15, 0.2) is 0 Å². The maximum absolute atomic E-state index is 5.43. The van der Waals surface area contributed by atoms with Crippen molar-refractivity contribution in [3.8, 4) is 0 Å². The molecular formula is C9H19N5O. The van der Waals surface area contributed by atoms with E-state index in [4.69, 9.17) is 10.5 Å². The third kappa shape index (κ3) is 3.93. The fourth-order valence-electron chi connectivity index (χ4n) is 1.29. The lowest BCUT2D eigenvalue weighted by molar-refractivity contribution is 0.116. The Labute approximate surface area is 89.8 Å². The zero-order valence-electron chi connectivity index (χ0n) is 9.39. The highest BCUT2D eigenvalue weighted by molar-refractivity contribution is 4.83. The van der Waals surface area contributed by atoms with Crippen molar-refractivity contribution >= 4 is 0 Å². The van der Waals surface area contributed by atoms with Gasteiger partial charge in [0.25, 0.3) is 0 Å². The minimum absolute atomic E-state index is 0.143. The summed E-state index contributed by atoms with van der Waals surface area (Å²) in [7, 11) is 1.69. The Morgan fingerprint density at radius 2 is 2.27 bits per heavy atom. The number of hydrogen-bond acceptors (Lipinski definition) is 5. The number of nitrogens with two attached hydrogens (primary N) is 1. The van der Waals surface area contributed by atoms with Gasteiger partial charge in [-0.05, 0) is 36.7 Å². The fraction of sp³-hybridized carbons (Fsp3) is 0.889. The van der Waals surface area contributed by atoms with Crippen molar-refractivity contribution in [2.45, 2.75) is 38.8 Å². The Morgan fingerprint density at radius 1 is 1.47 bits per heavy atom. The molecule has 1 aromatic heterocycles. The average Bonchev–Trinajstić information content (AvgIpc) is 2.66. The summed E-state index contributed by atoms with van der Waals surface area (Å²) in [5, 5.41) is 11.6. The van der Waals surface area contributed by atoms with Gasteiger partial charge in [-0.1, -0.05) is 0 Å². The first-order valence-corrected chi connectivity index (χ1v) is 5.25. The second-order valence-corrected chi connectivity index (χ2v) is 3.56. The molecule has 0 spiro atoms. The molecule has 0 aromatic carbocycles. The zero-order chi connectivity index (χ0) is 11.1. The molecule has 0 amide bonds. The lowest BCUT2D eigenvalue weighted by Gasteiger charge is -2.08. The predicted octanol–water partition coefficient (Wildman–Crippen LogP) is -0.0106. The van der Waals surface area contributed by atoms with Gasteiger partial charge in [0.2, 0.25) is 0 Å². The Hall–Kier alpha value is -1.01. The average molecular weight is 213 g/mol. The number of ether oxygens (including phenoxy) is 1. The standard InChI is InChI=1S/C9H19N5O/c1-8(15-2)7-9-11-12-13-14(9)6-4-3-5-10/h8H,3-7,10H2,1-2H3. The van der Waals surface area contributed by atoms with E-state index < -0.39 is 0 Å². The van der Waals surface area contributed by atoms with Crippen LogP contribution < -0.4 is 5.73 Å². The van der Waals surface area contributed by atoms with Gasteiger partial charge in [-0.3, -0.25) is 0 Å². The van der Waals surface area contributed by atoms with Crippen molar-refractivity contribution in [2.75, 3.05) is 13.7 Å². The van der Waals surface area contributed by atoms with E-state index in [-0.39, 0.29) is 6.10 Å². The van der Waals surface area contributed by atoms with E-state index in [9.17, 15) is 0 Å². The van der Waals surface area contributed by atoms with Crippen LogP contribution in [0, 0.1) is 0 Å². The molecule has 0 saturated carbocycles. The summed E-state index contributed by atoms with van der Waals surface area (Å²) in [6.45, 7) is 3.54. The first-order valence-electron chi connectivity index (χ1n) is 5.25. The third-order valence-electron chi connectivity index (χ3n) is 2.30. The maximum atomic E-state index is 5.43. The van der Waals surface area contributed by atoms with Crippen molar-refractivity contribution in [2.24, 2.45) is 5.73 Å². The van der Waals surface area contributed by atoms with Gasteiger partial charge in [0.05, 0.1) is 6.10 Å². The molecule has 1 atom stereocenters. The molecule has 6 nitrogen and oxygen atoms in total. The topological polar surface area (TPSA) is 78.9 Å². The first-order chi connectivity index (χ1) is 7.27. The number of tetrazole rings is 1. The SMILES string of the molecule is COC(C)Cc1nnnn1CCCCN. The predicted molar refractivity (Wildman–Crippen MR) is 56.3 cm³/mol. The molecular weight excluding hydrogens is 194 g/mol. The van der Waals surface area contributed by atoms with Gasteiger partial charge in [-0.2, -0.15) is 0 Å². The van der Waals surface area contributed by atoms with Gasteiger partial charge in [-0.15, -0.1) is 5.10 Å². The van der Waals surface area contributed by atoms with Gasteiger partial charge < -0.3 is 10.5 Å². The van der Waals surface area contributed by atoms with Crippen molar-refractivity contribution in [1.29, 1.82) is 0 Å². The van der Waals surface area contributed by atoms with E-state index >= 15 is 0 Å². The summed E-state index contributed by atoms with van der Waals surface area (Å²) in [6, 6.07) is 0. The smallest absolute Gasteiger partial charge is 0.153 e. The number of methoxy groups -OCH3 is 1. The second-order valence-electron chi connectivity index (χ2n) is 3.56. The van der Waals surface area contributed by atoms with Gasteiger partial charge in [0.1, 0.15) is 0 Å². The molecule has 6 heteroatoms. The van der Waals surface area contributed by atoms with E-state index in [1.54, 1.807) is 7.11 Å². The van der Waals surface area contributed by atoms with Gasteiger partial charge in [0, 0.05) is 20.1 Å². The van der Waals surface area contributed by atoms with E-state index in [1.807, 2.05) is 11.6 Å². The molecule has 0 aliphatic heterocycles. The maximum Gasteiger partial charge on any atom is 0.153 e. The van der Waals surface area contributed by atoms with Crippen LogP contribution in [0.5, 0.6) is 0 Å². The molecule has 15 heavy (non-hydrogen) atoms. The fourth-order valence-corrected chi connectivity index (χ4v) is 1.29. The Kier molecular flexibility index (Phi) is 5.20. The van der Waals surface area contributed by atoms with Crippen LogP contribution >= 0.6 is 0 Å². The molecule has 1 aromatic rings. The summed E-state index contributed by atoms with van der Waals surface area (Å²) in [4.78, 5) is 0. The summed E-state index contributed by atoms with van der Waals surface area (Å²) >= 11 is 0. The summed E-state index contributed by atoms with van der Waals surface area (Å²) in [6.07, 6.45) is 2.89. The number of hydrogen-bond donors (Lipinski definition) is 1. The molecule has 0 bridgehead atoms. The molecule has 2 N–H and O–H groups in total. The number of rotatable bonds is 7.